The van der Waals surface area contributed by atoms with Crippen molar-refractivity contribution < 1.29 is 45.7 Å². The fourth-order valence-corrected chi connectivity index (χ4v) is 4.07. The Morgan fingerprint density at radius 3 is 2.23 bits per heavy atom. The summed E-state index contributed by atoms with van der Waals surface area (Å²) < 4.78 is 91.8. The molecule has 0 unspecified atom stereocenters. The summed E-state index contributed by atoms with van der Waals surface area (Å²) in [5.41, 5.74) is -1.79. The SMILES string of the molecule is N#Cc1ccc(N2C[C@@H](COc3ccc(N(C(=O)O)c4ccccc4)cc3)O[C@@H]2C(F)(F)F)cc1C(F)(F)F. The molecule has 1 heterocycles. The summed E-state index contributed by atoms with van der Waals surface area (Å²) >= 11 is 0. The normalized spacial score (nSPS) is 17.5. The Balaban J connectivity index is 1.49. The van der Waals surface area contributed by atoms with Crippen LogP contribution in [-0.2, 0) is 10.9 Å². The minimum atomic E-state index is -4.94. The molecule has 0 aromatic heterocycles. The zero-order valence-corrected chi connectivity index (χ0v) is 19.8. The van der Waals surface area contributed by atoms with Crippen molar-refractivity contribution in [1.29, 1.82) is 5.26 Å². The molecule has 13 heteroatoms. The van der Waals surface area contributed by atoms with E-state index in [1.54, 1.807) is 30.3 Å². The van der Waals surface area contributed by atoms with Crippen LogP contribution in [0, 0.1) is 11.3 Å². The van der Waals surface area contributed by atoms with E-state index in [2.05, 4.69) is 0 Å². The van der Waals surface area contributed by atoms with Crippen LogP contribution in [0.25, 0.3) is 0 Å². The molecule has 7 nitrogen and oxygen atoms in total. The molecule has 3 aromatic carbocycles. The van der Waals surface area contributed by atoms with Gasteiger partial charge >= 0.3 is 18.4 Å². The molecule has 1 aliphatic rings. The van der Waals surface area contributed by atoms with Crippen LogP contribution in [-0.4, -0.2) is 42.9 Å². The van der Waals surface area contributed by atoms with Gasteiger partial charge < -0.3 is 19.5 Å². The third kappa shape index (κ3) is 6.18. The topological polar surface area (TPSA) is 86.0 Å². The third-order valence-electron chi connectivity index (χ3n) is 5.78. The first-order chi connectivity index (χ1) is 18.4. The largest absolute Gasteiger partial charge is 0.491 e. The second-order valence-electron chi connectivity index (χ2n) is 8.40. The molecule has 204 valence electrons. The quantitative estimate of drug-likeness (QED) is 0.349. The predicted octanol–water partition coefficient (Wildman–Crippen LogP) is 6.57. The van der Waals surface area contributed by atoms with E-state index in [-0.39, 0.29) is 12.4 Å². The van der Waals surface area contributed by atoms with Gasteiger partial charge in [0.1, 0.15) is 18.5 Å². The standard InChI is InChI=1S/C26H19F6N3O4/c27-25(28,29)22-12-19(7-6-16(22)13-33)34-14-21(39-23(34)26(30,31)32)15-38-20-10-8-18(9-11-20)35(24(36)37)17-4-2-1-3-5-17/h1-12,21,23H,14-15H2,(H,36,37)/t21-,23+/m0/s1. The van der Waals surface area contributed by atoms with Gasteiger partial charge in [0.05, 0.1) is 35.1 Å². The number of para-hydroxylation sites is 1. The van der Waals surface area contributed by atoms with E-state index in [1.807, 2.05) is 0 Å². The molecule has 1 amide bonds. The van der Waals surface area contributed by atoms with Gasteiger partial charge in [0.25, 0.3) is 0 Å². The van der Waals surface area contributed by atoms with Crippen molar-refractivity contribution in [2.45, 2.75) is 24.7 Å². The van der Waals surface area contributed by atoms with Crippen LogP contribution in [0.5, 0.6) is 5.75 Å². The van der Waals surface area contributed by atoms with Crippen molar-refractivity contribution in [3.8, 4) is 11.8 Å². The maximum atomic E-state index is 13.7. The monoisotopic (exact) mass is 551 g/mol. The highest BCUT2D eigenvalue weighted by Gasteiger charge is 2.51. The van der Waals surface area contributed by atoms with E-state index in [1.165, 1.54) is 30.3 Å². The molecule has 4 rings (SSSR count). The minimum absolute atomic E-state index is 0.209. The fourth-order valence-electron chi connectivity index (χ4n) is 4.07. The van der Waals surface area contributed by atoms with Crippen molar-refractivity contribution in [2.75, 3.05) is 23.0 Å². The van der Waals surface area contributed by atoms with E-state index >= 15 is 0 Å². The van der Waals surface area contributed by atoms with E-state index in [0.29, 0.717) is 22.3 Å². The first-order valence-electron chi connectivity index (χ1n) is 11.3. The van der Waals surface area contributed by atoms with Gasteiger partial charge in [-0.1, -0.05) is 18.2 Å². The summed E-state index contributed by atoms with van der Waals surface area (Å²) in [6, 6.07) is 17.7. The average Bonchev–Trinajstić information content (AvgIpc) is 3.33. The Kier molecular flexibility index (Phi) is 7.60. The number of alkyl halides is 6. The van der Waals surface area contributed by atoms with E-state index < -0.39 is 54.1 Å². The Morgan fingerprint density at radius 2 is 1.67 bits per heavy atom. The van der Waals surface area contributed by atoms with Gasteiger partial charge in [-0.25, -0.2) is 9.69 Å². The van der Waals surface area contributed by atoms with E-state index in [0.717, 1.165) is 17.0 Å². The lowest BCUT2D eigenvalue weighted by Crippen LogP contribution is -2.42. The van der Waals surface area contributed by atoms with E-state index in [9.17, 15) is 36.2 Å². The van der Waals surface area contributed by atoms with E-state index in [4.69, 9.17) is 14.7 Å². The van der Waals surface area contributed by atoms with Crippen molar-refractivity contribution >= 4 is 23.2 Å². The number of rotatable bonds is 6. The molecule has 1 N–H and O–H groups in total. The highest BCUT2D eigenvalue weighted by Crippen LogP contribution is 2.39. The Morgan fingerprint density at radius 1 is 1.03 bits per heavy atom. The van der Waals surface area contributed by atoms with Gasteiger partial charge in [0.2, 0.25) is 6.23 Å². The van der Waals surface area contributed by atoms with Gasteiger partial charge in [-0.2, -0.15) is 31.6 Å². The molecule has 0 saturated carbocycles. The number of nitriles is 1. The zero-order valence-electron chi connectivity index (χ0n) is 19.8. The molecule has 0 bridgehead atoms. The molecule has 0 spiro atoms. The Labute approximate surface area is 218 Å². The summed E-state index contributed by atoms with van der Waals surface area (Å²) in [4.78, 5) is 13.4. The number of carbonyl (C=O) groups is 1. The minimum Gasteiger partial charge on any atom is -0.491 e. The maximum absolute atomic E-state index is 13.7. The number of anilines is 3. The van der Waals surface area contributed by atoms with Crippen LogP contribution in [0.15, 0.2) is 72.8 Å². The smallest absolute Gasteiger partial charge is 0.433 e. The summed E-state index contributed by atoms with van der Waals surface area (Å²) in [6.07, 6.45) is -14.8. The molecule has 39 heavy (non-hydrogen) atoms. The highest BCUT2D eigenvalue weighted by molar-refractivity contribution is 5.94. The summed E-state index contributed by atoms with van der Waals surface area (Å²) in [6.45, 7) is -0.807. The lowest BCUT2D eigenvalue weighted by atomic mass is 10.1. The number of carboxylic acid groups (broad SMARTS) is 1. The van der Waals surface area contributed by atoms with Crippen LogP contribution in [0.1, 0.15) is 11.1 Å². The average molecular weight is 551 g/mol. The number of amides is 1. The van der Waals surface area contributed by atoms with Gasteiger partial charge in [0.15, 0.2) is 0 Å². The van der Waals surface area contributed by atoms with Crippen LogP contribution in [0.2, 0.25) is 0 Å². The summed E-state index contributed by atoms with van der Waals surface area (Å²) in [5.74, 6) is 0.209. The molecular weight excluding hydrogens is 532 g/mol. The number of ether oxygens (including phenoxy) is 2. The molecule has 0 aliphatic carbocycles. The van der Waals surface area contributed by atoms with Gasteiger partial charge in [-0.05, 0) is 54.6 Å². The lowest BCUT2D eigenvalue weighted by Gasteiger charge is -2.27. The van der Waals surface area contributed by atoms with Crippen molar-refractivity contribution in [3.05, 3.63) is 83.9 Å². The van der Waals surface area contributed by atoms with Crippen molar-refractivity contribution in [1.82, 2.24) is 0 Å². The molecule has 0 radical (unpaired) electrons. The van der Waals surface area contributed by atoms with Gasteiger partial charge in [-0.15, -0.1) is 0 Å². The highest BCUT2D eigenvalue weighted by atomic mass is 19.4. The number of hydrogen-bond acceptors (Lipinski definition) is 5. The van der Waals surface area contributed by atoms with Crippen LogP contribution in [0.3, 0.4) is 0 Å². The fraction of sp³-hybridized carbons (Fsp3) is 0.231. The number of hydrogen-bond donors (Lipinski definition) is 1. The summed E-state index contributed by atoms with van der Waals surface area (Å²) in [5, 5.41) is 18.6. The molecule has 3 aromatic rings. The molecule has 1 fully saturated rings. The van der Waals surface area contributed by atoms with Crippen LogP contribution < -0.4 is 14.5 Å². The van der Waals surface area contributed by atoms with Crippen LogP contribution >= 0.6 is 0 Å². The molecule has 1 aliphatic heterocycles. The second-order valence-corrected chi connectivity index (χ2v) is 8.40. The third-order valence-corrected chi connectivity index (χ3v) is 5.78. The number of benzene rings is 3. The molecule has 1 saturated heterocycles. The van der Waals surface area contributed by atoms with Crippen LogP contribution in [0.4, 0.5) is 48.2 Å². The maximum Gasteiger partial charge on any atom is 0.433 e. The van der Waals surface area contributed by atoms with Gasteiger partial charge in [0, 0.05) is 5.69 Å². The summed E-state index contributed by atoms with van der Waals surface area (Å²) in [7, 11) is 0. The Hall–Kier alpha value is -4.44. The lowest BCUT2D eigenvalue weighted by molar-refractivity contribution is -0.215. The first-order valence-corrected chi connectivity index (χ1v) is 11.3. The van der Waals surface area contributed by atoms with Crippen molar-refractivity contribution in [2.24, 2.45) is 0 Å². The number of nitrogens with zero attached hydrogens (tertiary/aromatic N) is 3. The van der Waals surface area contributed by atoms with Crippen molar-refractivity contribution in [3.63, 3.8) is 0 Å². The Bertz CT molecular complexity index is 1360. The molecule has 2 atom stereocenters. The molecular formula is C26H19F6N3O4. The second kappa shape index (κ2) is 10.7. The zero-order chi connectivity index (χ0) is 28.4. The first kappa shape index (κ1) is 27.6. The van der Waals surface area contributed by atoms with Gasteiger partial charge in [-0.3, -0.25) is 0 Å². The number of halogens is 6. The predicted molar refractivity (Wildman–Crippen MR) is 127 cm³/mol.